The van der Waals surface area contributed by atoms with Crippen molar-refractivity contribution in [1.82, 2.24) is 4.90 Å². The number of aliphatic hydroxyl groups excluding tert-OH is 2. The largest absolute Gasteiger partial charge is 0.394 e. The summed E-state index contributed by atoms with van der Waals surface area (Å²) in [7, 11) is 0. The van der Waals surface area contributed by atoms with Crippen LogP contribution < -0.4 is 10.2 Å². The summed E-state index contributed by atoms with van der Waals surface area (Å²) in [6, 6.07) is 9.09. The zero-order valence-corrected chi connectivity index (χ0v) is 12.4. The zero-order valence-electron chi connectivity index (χ0n) is 12.4. The molecule has 2 aliphatic rings. The smallest absolute Gasteiger partial charge is 0.0942 e. The van der Waals surface area contributed by atoms with Crippen molar-refractivity contribution in [3.8, 4) is 0 Å². The first-order chi connectivity index (χ1) is 10.3. The van der Waals surface area contributed by atoms with Crippen LogP contribution in [0.2, 0.25) is 0 Å². The lowest BCUT2D eigenvalue weighted by Gasteiger charge is -2.38. The van der Waals surface area contributed by atoms with E-state index in [-0.39, 0.29) is 6.61 Å². The topological polar surface area (TPSA) is 59.0 Å². The van der Waals surface area contributed by atoms with Gasteiger partial charge in [0.15, 0.2) is 0 Å². The third-order valence-corrected chi connectivity index (χ3v) is 4.57. The van der Waals surface area contributed by atoms with Crippen LogP contribution in [-0.2, 0) is 0 Å². The van der Waals surface area contributed by atoms with Crippen LogP contribution in [0.15, 0.2) is 24.3 Å². The lowest BCUT2D eigenvalue weighted by molar-refractivity contribution is 0.105. The maximum atomic E-state index is 9.34. The molecule has 2 unspecified atom stereocenters. The number of aliphatic hydroxyl groups is 2. The number of rotatable bonds is 5. The van der Waals surface area contributed by atoms with E-state index in [2.05, 4.69) is 27.2 Å². The van der Waals surface area contributed by atoms with Gasteiger partial charge < -0.3 is 20.4 Å². The first-order valence-electron chi connectivity index (χ1n) is 7.88. The van der Waals surface area contributed by atoms with Gasteiger partial charge in [-0.05, 0) is 43.7 Å². The van der Waals surface area contributed by atoms with Crippen molar-refractivity contribution in [2.24, 2.45) is 0 Å². The molecule has 0 saturated carbocycles. The van der Waals surface area contributed by atoms with Crippen molar-refractivity contribution in [1.29, 1.82) is 0 Å². The van der Waals surface area contributed by atoms with Crippen molar-refractivity contribution in [3.63, 3.8) is 0 Å². The molecular formula is C16H25N3O2. The molecule has 3 rings (SSSR count). The summed E-state index contributed by atoms with van der Waals surface area (Å²) in [5, 5.41) is 21.3. The number of fused-ring (bicyclic) bond motifs is 1. The highest BCUT2D eigenvalue weighted by atomic mass is 16.3. The Bertz CT molecular complexity index is 451. The van der Waals surface area contributed by atoms with E-state index in [1.165, 1.54) is 31.6 Å². The van der Waals surface area contributed by atoms with Crippen LogP contribution in [0.1, 0.15) is 12.8 Å². The zero-order chi connectivity index (χ0) is 14.7. The van der Waals surface area contributed by atoms with Crippen molar-refractivity contribution in [2.45, 2.75) is 25.0 Å². The molecule has 0 aromatic heterocycles. The Hall–Kier alpha value is -1.30. The van der Waals surface area contributed by atoms with Crippen LogP contribution in [0, 0.1) is 0 Å². The van der Waals surface area contributed by atoms with Crippen LogP contribution in [0.3, 0.4) is 0 Å². The fourth-order valence-corrected chi connectivity index (χ4v) is 3.32. The van der Waals surface area contributed by atoms with Crippen molar-refractivity contribution >= 4 is 11.4 Å². The highest BCUT2D eigenvalue weighted by molar-refractivity contribution is 5.55. The standard InChI is InChI=1S/C16H25N3O2/c20-12-16(21)10-17-13-3-5-14(6-4-13)19-9-8-18-7-1-2-15(18)11-19/h3-6,15-17,20-21H,1-2,7-12H2. The van der Waals surface area contributed by atoms with Gasteiger partial charge >= 0.3 is 0 Å². The van der Waals surface area contributed by atoms with Crippen LogP contribution in [0.5, 0.6) is 0 Å². The third-order valence-electron chi connectivity index (χ3n) is 4.57. The van der Waals surface area contributed by atoms with Gasteiger partial charge in [0.25, 0.3) is 0 Å². The third kappa shape index (κ3) is 3.48. The Kier molecular flexibility index (Phi) is 4.63. The molecule has 3 N–H and O–H groups in total. The summed E-state index contributed by atoms with van der Waals surface area (Å²) in [6.07, 6.45) is 1.96. The van der Waals surface area contributed by atoms with Crippen molar-refractivity contribution in [2.75, 3.05) is 49.5 Å². The molecule has 116 valence electrons. The lowest BCUT2D eigenvalue weighted by atomic mass is 10.1. The fourth-order valence-electron chi connectivity index (χ4n) is 3.32. The molecule has 2 atom stereocenters. The van der Waals surface area contributed by atoms with Gasteiger partial charge in [-0.3, -0.25) is 4.90 Å². The Balaban J connectivity index is 1.56. The van der Waals surface area contributed by atoms with Crippen LogP contribution >= 0.6 is 0 Å². The number of hydrogen-bond acceptors (Lipinski definition) is 5. The van der Waals surface area contributed by atoms with Crippen molar-refractivity contribution in [3.05, 3.63) is 24.3 Å². The summed E-state index contributed by atoms with van der Waals surface area (Å²) in [5.74, 6) is 0. The molecular weight excluding hydrogens is 266 g/mol. The molecule has 5 heteroatoms. The van der Waals surface area contributed by atoms with Crippen LogP contribution in [-0.4, -0.2) is 66.6 Å². The van der Waals surface area contributed by atoms with Gasteiger partial charge in [-0.2, -0.15) is 0 Å². The van der Waals surface area contributed by atoms with E-state index in [1.54, 1.807) is 0 Å². The second kappa shape index (κ2) is 6.64. The Morgan fingerprint density at radius 3 is 2.76 bits per heavy atom. The number of hydrogen-bond donors (Lipinski definition) is 3. The van der Waals surface area contributed by atoms with Gasteiger partial charge in [0.1, 0.15) is 0 Å². The minimum Gasteiger partial charge on any atom is -0.394 e. The van der Waals surface area contributed by atoms with Crippen LogP contribution in [0.4, 0.5) is 11.4 Å². The number of nitrogens with one attached hydrogen (secondary N) is 1. The lowest BCUT2D eigenvalue weighted by Crippen LogP contribution is -2.50. The summed E-state index contributed by atoms with van der Waals surface area (Å²) >= 11 is 0. The van der Waals surface area contributed by atoms with Crippen molar-refractivity contribution < 1.29 is 10.2 Å². The maximum Gasteiger partial charge on any atom is 0.0942 e. The first kappa shape index (κ1) is 14.6. The molecule has 1 aromatic carbocycles. The summed E-state index contributed by atoms with van der Waals surface area (Å²) in [6.45, 7) is 4.84. The second-order valence-electron chi connectivity index (χ2n) is 6.04. The van der Waals surface area contributed by atoms with Gasteiger partial charge in [0.2, 0.25) is 0 Å². The van der Waals surface area contributed by atoms with Gasteiger partial charge in [-0.1, -0.05) is 0 Å². The molecule has 21 heavy (non-hydrogen) atoms. The number of nitrogens with zero attached hydrogens (tertiary/aromatic N) is 2. The van der Waals surface area contributed by atoms with E-state index in [1.807, 2.05) is 12.1 Å². The summed E-state index contributed by atoms with van der Waals surface area (Å²) in [5.41, 5.74) is 2.25. The molecule has 2 aliphatic heterocycles. The molecule has 0 bridgehead atoms. The Morgan fingerprint density at radius 1 is 1.19 bits per heavy atom. The maximum absolute atomic E-state index is 9.34. The minimum atomic E-state index is -0.708. The first-order valence-corrected chi connectivity index (χ1v) is 7.88. The second-order valence-corrected chi connectivity index (χ2v) is 6.04. The highest BCUT2D eigenvalue weighted by Crippen LogP contribution is 2.26. The van der Waals surface area contributed by atoms with Crippen LogP contribution in [0.25, 0.3) is 0 Å². The molecule has 2 fully saturated rings. The molecule has 5 nitrogen and oxygen atoms in total. The minimum absolute atomic E-state index is 0.212. The predicted molar refractivity (Wildman–Crippen MR) is 84.8 cm³/mol. The summed E-state index contributed by atoms with van der Waals surface area (Å²) < 4.78 is 0. The molecule has 0 aliphatic carbocycles. The fraction of sp³-hybridized carbons (Fsp3) is 0.625. The number of piperazine rings is 1. The van der Waals surface area contributed by atoms with E-state index < -0.39 is 6.10 Å². The Morgan fingerprint density at radius 2 is 2.00 bits per heavy atom. The Labute approximate surface area is 126 Å². The quantitative estimate of drug-likeness (QED) is 0.747. The number of anilines is 2. The van der Waals surface area contributed by atoms with Gasteiger partial charge in [-0.25, -0.2) is 0 Å². The molecule has 2 saturated heterocycles. The molecule has 0 radical (unpaired) electrons. The predicted octanol–water partition coefficient (Wildman–Crippen LogP) is 0.736. The molecule has 1 aromatic rings. The molecule has 0 spiro atoms. The summed E-state index contributed by atoms with van der Waals surface area (Å²) in [4.78, 5) is 5.08. The van der Waals surface area contributed by atoms with Gasteiger partial charge in [0.05, 0.1) is 12.7 Å². The van der Waals surface area contributed by atoms with Gasteiger partial charge in [0, 0.05) is 43.6 Å². The average Bonchev–Trinajstić information content (AvgIpc) is 3.00. The van der Waals surface area contributed by atoms with E-state index in [4.69, 9.17) is 5.11 Å². The highest BCUT2D eigenvalue weighted by Gasteiger charge is 2.30. The molecule has 0 amide bonds. The SMILES string of the molecule is OCC(O)CNc1ccc(N2CCN3CCCC3C2)cc1. The van der Waals surface area contributed by atoms with E-state index >= 15 is 0 Å². The van der Waals surface area contributed by atoms with E-state index in [9.17, 15) is 5.11 Å². The van der Waals surface area contributed by atoms with E-state index in [0.29, 0.717) is 6.54 Å². The molecule has 2 heterocycles. The normalized spacial score (nSPS) is 23.9. The van der Waals surface area contributed by atoms with Gasteiger partial charge in [-0.15, -0.1) is 0 Å². The number of benzene rings is 1. The average molecular weight is 291 g/mol. The monoisotopic (exact) mass is 291 g/mol. The van der Waals surface area contributed by atoms with E-state index in [0.717, 1.165) is 24.8 Å².